The van der Waals surface area contributed by atoms with Crippen molar-refractivity contribution in [3.8, 4) is 0 Å². The number of methoxy groups -OCH3 is 1. The Labute approximate surface area is 94.0 Å². The van der Waals surface area contributed by atoms with E-state index in [1.54, 1.807) is 7.11 Å². The van der Waals surface area contributed by atoms with Crippen LogP contribution in [0.25, 0.3) is 0 Å². The normalized spacial score (nSPS) is 39.9. The van der Waals surface area contributed by atoms with E-state index < -0.39 is 5.97 Å². The Morgan fingerprint density at radius 1 is 1.38 bits per heavy atom. The molecule has 2 fully saturated rings. The number of Topliss-reactive ketones (excluding diaryl/α,β-unsaturated/α-hetero) is 1. The standard InChI is InChI=1S/C11H16O5/c1-6-3-9-11(16-9)8(14-2)4-7(12)5-10(13)15-6/h6,8-9,11H,3-5H2,1-2H3/t6-,8+,9+,11-/m1/s1. The van der Waals surface area contributed by atoms with E-state index in [9.17, 15) is 9.59 Å². The molecule has 0 amide bonds. The third kappa shape index (κ3) is 2.59. The lowest BCUT2D eigenvalue weighted by Gasteiger charge is -2.16. The molecule has 2 rings (SSSR count). The molecule has 90 valence electrons. The molecule has 0 unspecified atom stereocenters. The summed E-state index contributed by atoms with van der Waals surface area (Å²) in [7, 11) is 1.56. The van der Waals surface area contributed by atoms with Crippen LogP contribution in [-0.2, 0) is 23.8 Å². The minimum atomic E-state index is -0.452. The van der Waals surface area contributed by atoms with Crippen LogP contribution in [0.2, 0.25) is 0 Å². The molecule has 0 N–H and O–H groups in total. The Balaban J connectivity index is 2.04. The number of cyclic esters (lactones) is 1. The highest BCUT2D eigenvalue weighted by molar-refractivity contribution is 5.95. The smallest absolute Gasteiger partial charge is 0.313 e. The Kier molecular flexibility index (Phi) is 3.25. The zero-order valence-electron chi connectivity index (χ0n) is 9.47. The first-order valence-electron chi connectivity index (χ1n) is 5.49. The highest BCUT2D eigenvalue weighted by atomic mass is 16.6. The van der Waals surface area contributed by atoms with Gasteiger partial charge in [0, 0.05) is 20.0 Å². The van der Waals surface area contributed by atoms with Crippen molar-refractivity contribution in [2.75, 3.05) is 7.11 Å². The number of ether oxygens (including phenoxy) is 3. The minimum Gasteiger partial charge on any atom is -0.462 e. The van der Waals surface area contributed by atoms with Crippen molar-refractivity contribution >= 4 is 11.8 Å². The Hall–Kier alpha value is -0.940. The summed E-state index contributed by atoms with van der Waals surface area (Å²) in [5, 5.41) is 0. The summed E-state index contributed by atoms with van der Waals surface area (Å²) in [6.45, 7) is 1.81. The molecule has 2 aliphatic heterocycles. The fourth-order valence-corrected chi connectivity index (χ4v) is 2.11. The zero-order chi connectivity index (χ0) is 11.7. The van der Waals surface area contributed by atoms with E-state index in [2.05, 4.69) is 0 Å². The number of fused-ring (bicyclic) bond motifs is 1. The molecule has 0 aliphatic carbocycles. The quantitative estimate of drug-likeness (QED) is 0.370. The van der Waals surface area contributed by atoms with E-state index in [0.29, 0.717) is 6.42 Å². The predicted octanol–water partition coefficient (Wildman–Crippen LogP) is 0.453. The molecule has 4 atom stereocenters. The van der Waals surface area contributed by atoms with Crippen molar-refractivity contribution in [3.63, 3.8) is 0 Å². The van der Waals surface area contributed by atoms with Crippen molar-refractivity contribution in [2.24, 2.45) is 0 Å². The fourth-order valence-electron chi connectivity index (χ4n) is 2.11. The average Bonchev–Trinajstić information content (AvgIpc) is 2.91. The van der Waals surface area contributed by atoms with Crippen LogP contribution in [0.4, 0.5) is 0 Å². The van der Waals surface area contributed by atoms with Gasteiger partial charge in [-0.1, -0.05) is 0 Å². The van der Waals surface area contributed by atoms with Gasteiger partial charge >= 0.3 is 5.97 Å². The highest BCUT2D eigenvalue weighted by Crippen LogP contribution is 2.33. The number of carbonyl (C=O) groups excluding carboxylic acids is 2. The van der Waals surface area contributed by atoms with Crippen LogP contribution in [-0.4, -0.2) is 43.3 Å². The minimum absolute atomic E-state index is 0.0202. The first-order chi connectivity index (χ1) is 7.60. The Bertz CT molecular complexity index is 301. The van der Waals surface area contributed by atoms with E-state index in [1.165, 1.54) is 0 Å². The predicted molar refractivity (Wildman–Crippen MR) is 53.9 cm³/mol. The van der Waals surface area contributed by atoms with Gasteiger partial charge in [0.05, 0.1) is 12.2 Å². The van der Waals surface area contributed by atoms with Gasteiger partial charge in [0.2, 0.25) is 0 Å². The maximum atomic E-state index is 11.5. The number of esters is 1. The Morgan fingerprint density at radius 2 is 2.12 bits per heavy atom. The van der Waals surface area contributed by atoms with Gasteiger partial charge in [0.25, 0.3) is 0 Å². The monoisotopic (exact) mass is 228 g/mol. The van der Waals surface area contributed by atoms with Gasteiger partial charge in [-0.3, -0.25) is 9.59 Å². The molecule has 2 saturated heterocycles. The maximum Gasteiger partial charge on any atom is 0.313 e. The molecule has 0 aromatic carbocycles. The molecule has 5 nitrogen and oxygen atoms in total. The summed E-state index contributed by atoms with van der Waals surface area (Å²) in [5.41, 5.74) is 0. The highest BCUT2D eigenvalue weighted by Gasteiger charge is 2.47. The van der Waals surface area contributed by atoms with E-state index in [1.807, 2.05) is 6.92 Å². The van der Waals surface area contributed by atoms with Gasteiger partial charge in [0.1, 0.15) is 24.4 Å². The number of rotatable bonds is 1. The van der Waals surface area contributed by atoms with Gasteiger partial charge in [-0.2, -0.15) is 0 Å². The van der Waals surface area contributed by atoms with Crippen molar-refractivity contribution in [1.82, 2.24) is 0 Å². The van der Waals surface area contributed by atoms with Crippen LogP contribution < -0.4 is 0 Å². The molecule has 0 radical (unpaired) electrons. The van der Waals surface area contributed by atoms with E-state index in [-0.39, 0.29) is 43.0 Å². The van der Waals surface area contributed by atoms with Crippen molar-refractivity contribution < 1.29 is 23.8 Å². The molecule has 0 spiro atoms. The third-order valence-corrected chi connectivity index (χ3v) is 2.96. The van der Waals surface area contributed by atoms with Crippen molar-refractivity contribution in [3.05, 3.63) is 0 Å². The number of hydrogen-bond acceptors (Lipinski definition) is 5. The first-order valence-corrected chi connectivity index (χ1v) is 5.49. The van der Waals surface area contributed by atoms with Gasteiger partial charge in [-0.25, -0.2) is 0 Å². The van der Waals surface area contributed by atoms with Gasteiger partial charge < -0.3 is 14.2 Å². The van der Waals surface area contributed by atoms with Gasteiger partial charge in [-0.15, -0.1) is 0 Å². The first kappa shape index (κ1) is 11.5. The molecule has 0 aromatic rings. The topological polar surface area (TPSA) is 65.1 Å². The second-order valence-corrected chi connectivity index (χ2v) is 4.37. The number of epoxide rings is 1. The lowest BCUT2D eigenvalue weighted by molar-refractivity contribution is -0.151. The fraction of sp³-hybridized carbons (Fsp3) is 0.818. The molecule has 2 heterocycles. The SMILES string of the molecule is CO[C@H]1CC(=O)CC(=O)O[C@H](C)C[C@@H]2O[C@H]12. The summed E-state index contributed by atoms with van der Waals surface area (Å²) >= 11 is 0. The molecule has 5 heteroatoms. The summed E-state index contributed by atoms with van der Waals surface area (Å²) in [5.74, 6) is -0.605. The van der Waals surface area contributed by atoms with Crippen LogP contribution in [0.1, 0.15) is 26.2 Å². The van der Waals surface area contributed by atoms with Crippen LogP contribution in [0.5, 0.6) is 0 Å². The van der Waals surface area contributed by atoms with E-state index in [0.717, 1.165) is 0 Å². The molecule has 0 aromatic heterocycles. The van der Waals surface area contributed by atoms with E-state index in [4.69, 9.17) is 14.2 Å². The van der Waals surface area contributed by atoms with Crippen LogP contribution in [0.15, 0.2) is 0 Å². The second kappa shape index (κ2) is 4.51. The molecular formula is C11H16O5. The largest absolute Gasteiger partial charge is 0.462 e. The molecule has 16 heavy (non-hydrogen) atoms. The van der Waals surface area contributed by atoms with Gasteiger partial charge in [0.15, 0.2) is 0 Å². The number of hydrogen-bond donors (Lipinski definition) is 0. The van der Waals surface area contributed by atoms with Crippen molar-refractivity contribution in [2.45, 2.75) is 50.6 Å². The lowest BCUT2D eigenvalue weighted by Crippen LogP contribution is -2.29. The summed E-state index contributed by atoms with van der Waals surface area (Å²) < 4.78 is 15.7. The van der Waals surface area contributed by atoms with Crippen LogP contribution >= 0.6 is 0 Å². The molecule has 2 aliphatic rings. The maximum absolute atomic E-state index is 11.5. The number of ketones is 1. The van der Waals surface area contributed by atoms with Crippen molar-refractivity contribution in [1.29, 1.82) is 0 Å². The van der Waals surface area contributed by atoms with Gasteiger partial charge in [-0.05, 0) is 6.92 Å². The summed E-state index contributed by atoms with van der Waals surface area (Å²) in [4.78, 5) is 22.8. The summed E-state index contributed by atoms with van der Waals surface area (Å²) in [6, 6.07) is 0. The zero-order valence-corrected chi connectivity index (χ0v) is 9.47. The third-order valence-electron chi connectivity index (χ3n) is 2.96. The molecule has 0 saturated carbocycles. The Morgan fingerprint density at radius 3 is 2.81 bits per heavy atom. The second-order valence-electron chi connectivity index (χ2n) is 4.37. The molecular weight excluding hydrogens is 212 g/mol. The van der Waals surface area contributed by atoms with Crippen LogP contribution in [0, 0.1) is 0 Å². The average molecular weight is 228 g/mol. The molecule has 0 bridgehead atoms. The summed E-state index contributed by atoms with van der Waals surface area (Å²) in [6.07, 6.45) is 0.334. The van der Waals surface area contributed by atoms with Crippen LogP contribution in [0.3, 0.4) is 0 Å². The van der Waals surface area contributed by atoms with E-state index >= 15 is 0 Å². The number of carbonyl (C=O) groups is 2. The lowest BCUT2D eigenvalue weighted by atomic mass is 10.0.